The molecule has 24 heavy (non-hydrogen) atoms. The van der Waals surface area contributed by atoms with Crippen molar-refractivity contribution in [1.29, 1.82) is 5.26 Å². The Balaban J connectivity index is 1.86. The van der Waals surface area contributed by atoms with Crippen molar-refractivity contribution in [2.75, 3.05) is 5.75 Å². The van der Waals surface area contributed by atoms with Gasteiger partial charge >= 0.3 is 0 Å². The number of nitriles is 1. The molecule has 1 amide bonds. The number of carbonyl (C=O) groups is 1. The summed E-state index contributed by atoms with van der Waals surface area (Å²) >= 11 is 4.68. The highest BCUT2D eigenvalue weighted by molar-refractivity contribution is 8.03. The van der Waals surface area contributed by atoms with Crippen molar-refractivity contribution < 1.29 is 4.79 Å². The Morgan fingerprint density at radius 2 is 2.08 bits per heavy atom. The third-order valence-electron chi connectivity index (χ3n) is 4.04. The average molecular weight is 385 g/mol. The van der Waals surface area contributed by atoms with Gasteiger partial charge in [-0.05, 0) is 26.2 Å². The van der Waals surface area contributed by atoms with Crippen molar-refractivity contribution in [3.05, 3.63) is 0 Å². The van der Waals surface area contributed by atoms with Gasteiger partial charge in [0.25, 0.3) is 0 Å². The van der Waals surface area contributed by atoms with Gasteiger partial charge in [0, 0.05) is 5.75 Å². The van der Waals surface area contributed by atoms with E-state index in [0.717, 1.165) is 46.5 Å². The van der Waals surface area contributed by atoms with Gasteiger partial charge in [-0.15, -0.1) is 10.2 Å². The molecule has 0 saturated heterocycles. The lowest BCUT2D eigenvalue weighted by Crippen LogP contribution is -2.50. The maximum atomic E-state index is 12.5. The number of unbranched alkanes of at least 4 members (excludes halogenated alkanes) is 1. The molecule has 1 aromatic rings. The van der Waals surface area contributed by atoms with Crippen LogP contribution in [0.4, 0.5) is 0 Å². The molecule has 1 aliphatic carbocycles. The van der Waals surface area contributed by atoms with Gasteiger partial charge in [-0.25, -0.2) is 0 Å². The van der Waals surface area contributed by atoms with Gasteiger partial charge in [0.05, 0.1) is 11.3 Å². The van der Waals surface area contributed by atoms with Crippen LogP contribution in [-0.2, 0) is 4.79 Å². The Hall–Kier alpha value is -0.780. The van der Waals surface area contributed by atoms with E-state index < -0.39 is 5.54 Å². The Morgan fingerprint density at radius 1 is 1.38 bits per heavy atom. The predicted octanol–water partition coefficient (Wildman–Crippen LogP) is 4.25. The molecule has 8 heteroatoms. The van der Waals surface area contributed by atoms with E-state index >= 15 is 0 Å². The van der Waals surface area contributed by atoms with Crippen LogP contribution in [0.1, 0.15) is 58.8 Å². The molecule has 1 unspecified atom stereocenters. The summed E-state index contributed by atoms with van der Waals surface area (Å²) in [5.41, 5.74) is -0.674. The van der Waals surface area contributed by atoms with Gasteiger partial charge in [0.2, 0.25) is 5.91 Å². The first kappa shape index (κ1) is 19.5. The van der Waals surface area contributed by atoms with Crippen LogP contribution in [0.25, 0.3) is 0 Å². The minimum absolute atomic E-state index is 0.0844. The minimum Gasteiger partial charge on any atom is -0.337 e. The molecule has 1 fully saturated rings. The van der Waals surface area contributed by atoms with E-state index in [1.165, 1.54) is 35.9 Å². The van der Waals surface area contributed by atoms with Crippen molar-refractivity contribution in [2.24, 2.45) is 0 Å². The fraction of sp³-hybridized carbons (Fsp3) is 0.750. The van der Waals surface area contributed by atoms with Crippen LogP contribution in [0.15, 0.2) is 8.68 Å². The number of hydrogen-bond acceptors (Lipinski definition) is 7. The van der Waals surface area contributed by atoms with Gasteiger partial charge in [0.15, 0.2) is 8.68 Å². The van der Waals surface area contributed by atoms with E-state index in [2.05, 4.69) is 28.5 Å². The van der Waals surface area contributed by atoms with Crippen molar-refractivity contribution in [1.82, 2.24) is 15.5 Å². The maximum Gasteiger partial charge on any atom is 0.234 e. The van der Waals surface area contributed by atoms with Crippen LogP contribution >= 0.6 is 34.9 Å². The lowest BCUT2D eigenvalue weighted by atomic mass is 9.83. The Labute approximate surface area is 156 Å². The summed E-state index contributed by atoms with van der Waals surface area (Å²) in [6.07, 6.45) is 7.00. The third-order valence-corrected chi connectivity index (χ3v) is 7.37. The standard InChI is InChI=1S/C16H24N4OS3/c1-3-4-10-22-14-19-20-15(24-14)23-12(2)13(21)18-16(11-17)8-6-5-7-9-16/h12H,3-10H2,1-2H3,(H,18,21). The van der Waals surface area contributed by atoms with Crippen LogP contribution in [0, 0.1) is 11.3 Å². The lowest BCUT2D eigenvalue weighted by molar-refractivity contribution is -0.121. The number of rotatable bonds is 8. The van der Waals surface area contributed by atoms with Crippen molar-refractivity contribution >= 4 is 40.8 Å². The third kappa shape index (κ3) is 5.64. The molecule has 0 bridgehead atoms. The summed E-state index contributed by atoms with van der Waals surface area (Å²) in [5, 5.41) is 20.5. The van der Waals surface area contributed by atoms with Gasteiger partial charge < -0.3 is 5.32 Å². The van der Waals surface area contributed by atoms with Gasteiger partial charge in [-0.3, -0.25) is 4.79 Å². The van der Waals surface area contributed by atoms with E-state index in [4.69, 9.17) is 0 Å². The number of nitrogens with zero attached hydrogens (tertiary/aromatic N) is 3. The van der Waals surface area contributed by atoms with Crippen LogP contribution in [-0.4, -0.2) is 32.6 Å². The first-order valence-corrected chi connectivity index (χ1v) is 11.1. The van der Waals surface area contributed by atoms with Crippen LogP contribution in [0.2, 0.25) is 0 Å². The molecule has 1 heterocycles. The van der Waals surface area contributed by atoms with Crippen molar-refractivity contribution in [3.63, 3.8) is 0 Å². The van der Waals surface area contributed by atoms with Gasteiger partial charge in [-0.1, -0.05) is 67.5 Å². The molecule has 5 nitrogen and oxygen atoms in total. The number of carbonyl (C=O) groups excluding carboxylic acids is 1. The average Bonchev–Trinajstić information content (AvgIpc) is 3.03. The van der Waals surface area contributed by atoms with E-state index in [1.807, 2.05) is 6.92 Å². The van der Waals surface area contributed by atoms with Gasteiger partial charge in [0.1, 0.15) is 5.54 Å². The molecule has 1 aromatic heterocycles. The van der Waals surface area contributed by atoms with Crippen LogP contribution < -0.4 is 5.32 Å². The zero-order chi connectivity index (χ0) is 17.4. The molecule has 1 N–H and O–H groups in total. The molecule has 1 atom stereocenters. The van der Waals surface area contributed by atoms with Crippen molar-refractivity contribution in [2.45, 2.75) is 78.3 Å². The van der Waals surface area contributed by atoms with E-state index in [9.17, 15) is 10.1 Å². The molecular weight excluding hydrogens is 360 g/mol. The second kappa shape index (κ2) is 9.64. The smallest absolute Gasteiger partial charge is 0.234 e. The molecule has 0 aliphatic heterocycles. The minimum atomic E-state index is -0.674. The maximum absolute atomic E-state index is 12.5. The molecule has 1 aliphatic rings. The van der Waals surface area contributed by atoms with Crippen LogP contribution in [0.5, 0.6) is 0 Å². The number of thioether (sulfide) groups is 2. The molecular formula is C16H24N4OS3. The molecule has 132 valence electrons. The zero-order valence-corrected chi connectivity index (χ0v) is 16.7. The van der Waals surface area contributed by atoms with E-state index in [-0.39, 0.29) is 11.2 Å². The summed E-state index contributed by atoms with van der Waals surface area (Å²) in [4.78, 5) is 12.5. The Morgan fingerprint density at radius 3 is 2.75 bits per heavy atom. The summed E-state index contributed by atoms with van der Waals surface area (Å²) in [6, 6.07) is 2.33. The molecule has 1 saturated carbocycles. The van der Waals surface area contributed by atoms with E-state index in [1.54, 1.807) is 11.8 Å². The normalized spacial score (nSPS) is 17.9. The summed E-state index contributed by atoms with van der Waals surface area (Å²) in [7, 11) is 0. The zero-order valence-electron chi connectivity index (χ0n) is 14.2. The number of hydrogen-bond donors (Lipinski definition) is 1. The summed E-state index contributed by atoms with van der Waals surface area (Å²) in [5.74, 6) is 0.968. The van der Waals surface area contributed by atoms with Crippen molar-refractivity contribution in [3.8, 4) is 6.07 Å². The molecule has 0 radical (unpaired) electrons. The second-order valence-corrected chi connectivity index (χ2v) is 9.95. The largest absolute Gasteiger partial charge is 0.337 e. The fourth-order valence-corrected chi connectivity index (χ4v) is 5.89. The number of aromatic nitrogens is 2. The highest BCUT2D eigenvalue weighted by atomic mass is 32.2. The molecule has 2 rings (SSSR count). The SMILES string of the molecule is CCCCSc1nnc(SC(C)C(=O)NC2(C#N)CCCCC2)s1. The number of nitrogens with one attached hydrogen (secondary N) is 1. The van der Waals surface area contributed by atoms with Gasteiger partial charge in [-0.2, -0.15) is 5.26 Å². The number of amides is 1. The Bertz CT molecular complexity index is 578. The van der Waals surface area contributed by atoms with E-state index in [0.29, 0.717) is 0 Å². The first-order valence-electron chi connectivity index (χ1n) is 8.45. The summed E-state index contributed by atoms with van der Waals surface area (Å²) in [6.45, 7) is 4.03. The quantitative estimate of drug-likeness (QED) is 0.533. The predicted molar refractivity (Wildman–Crippen MR) is 100 cm³/mol. The fourth-order valence-electron chi connectivity index (χ4n) is 2.57. The second-order valence-electron chi connectivity index (χ2n) is 6.04. The topological polar surface area (TPSA) is 78.7 Å². The highest BCUT2D eigenvalue weighted by Crippen LogP contribution is 2.33. The highest BCUT2D eigenvalue weighted by Gasteiger charge is 2.35. The molecule has 0 spiro atoms. The Kier molecular flexibility index (Phi) is 7.85. The van der Waals surface area contributed by atoms with Crippen LogP contribution in [0.3, 0.4) is 0 Å². The summed E-state index contributed by atoms with van der Waals surface area (Å²) < 4.78 is 1.77. The lowest BCUT2D eigenvalue weighted by Gasteiger charge is -2.32. The molecule has 0 aromatic carbocycles. The first-order chi connectivity index (χ1) is 11.6. The monoisotopic (exact) mass is 384 g/mol.